The zero-order valence-electron chi connectivity index (χ0n) is 6.39. The third-order valence-corrected chi connectivity index (χ3v) is 2.23. The molecule has 1 saturated carbocycles. The van der Waals surface area contributed by atoms with Crippen LogP contribution in [-0.4, -0.2) is 13.1 Å². The van der Waals surface area contributed by atoms with Gasteiger partial charge in [0.25, 0.3) is 0 Å². The summed E-state index contributed by atoms with van der Waals surface area (Å²) in [5, 5.41) is 0. The van der Waals surface area contributed by atoms with Crippen LogP contribution in [0.25, 0.3) is 0 Å². The van der Waals surface area contributed by atoms with E-state index < -0.39 is 0 Å². The molecular weight excluding hydrogens is 128 g/mol. The van der Waals surface area contributed by atoms with E-state index in [1.807, 2.05) is 13.0 Å². The molecule has 0 aliphatic heterocycles. The van der Waals surface area contributed by atoms with Gasteiger partial charge in [0, 0.05) is 0 Å². The van der Waals surface area contributed by atoms with E-state index >= 15 is 0 Å². The van der Waals surface area contributed by atoms with Crippen molar-refractivity contribution in [3.05, 3.63) is 12.7 Å². The fourth-order valence-electron chi connectivity index (χ4n) is 1.10. The minimum atomic E-state index is -0.109. The lowest BCUT2D eigenvalue weighted by Crippen LogP contribution is -2.07. The predicted molar refractivity (Wildman–Crippen MR) is 38.4 cm³/mol. The third-order valence-electron chi connectivity index (χ3n) is 2.23. The molecule has 1 aliphatic carbocycles. The molecular formula is C8H12O2. The average Bonchev–Trinajstić information content (AvgIpc) is 2.62. The SMILES string of the molecule is C=C[C@@]1(C)C[C@H]1C(=O)OC. The number of hydrogen-bond acceptors (Lipinski definition) is 2. The lowest BCUT2D eigenvalue weighted by Gasteiger charge is -2.00. The number of allylic oxidation sites excluding steroid dienone is 1. The Labute approximate surface area is 60.9 Å². The van der Waals surface area contributed by atoms with Crippen molar-refractivity contribution in [2.24, 2.45) is 11.3 Å². The number of esters is 1. The number of carbonyl (C=O) groups excluding carboxylic acids is 1. The van der Waals surface area contributed by atoms with Crippen LogP contribution in [0, 0.1) is 11.3 Å². The van der Waals surface area contributed by atoms with Gasteiger partial charge < -0.3 is 4.74 Å². The first-order chi connectivity index (χ1) is 4.64. The first kappa shape index (κ1) is 7.32. The lowest BCUT2D eigenvalue weighted by atomic mass is 10.1. The first-order valence-corrected chi connectivity index (χ1v) is 3.35. The fourth-order valence-corrected chi connectivity index (χ4v) is 1.10. The smallest absolute Gasteiger partial charge is 0.309 e. The van der Waals surface area contributed by atoms with Gasteiger partial charge in [-0.1, -0.05) is 13.0 Å². The van der Waals surface area contributed by atoms with E-state index in [0.717, 1.165) is 6.42 Å². The van der Waals surface area contributed by atoms with Gasteiger partial charge in [-0.2, -0.15) is 0 Å². The van der Waals surface area contributed by atoms with Crippen molar-refractivity contribution >= 4 is 5.97 Å². The van der Waals surface area contributed by atoms with E-state index in [0.29, 0.717) is 0 Å². The molecule has 56 valence electrons. The number of rotatable bonds is 2. The van der Waals surface area contributed by atoms with Gasteiger partial charge in [-0.05, 0) is 11.8 Å². The Hall–Kier alpha value is -0.790. The summed E-state index contributed by atoms with van der Waals surface area (Å²) in [6, 6.07) is 0. The van der Waals surface area contributed by atoms with Gasteiger partial charge >= 0.3 is 5.97 Å². The highest BCUT2D eigenvalue weighted by Gasteiger charge is 2.53. The Morgan fingerprint density at radius 2 is 2.50 bits per heavy atom. The van der Waals surface area contributed by atoms with Crippen molar-refractivity contribution in [3.63, 3.8) is 0 Å². The van der Waals surface area contributed by atoms with Crippen LogP contribution in [0.3, 0.4) is 0 Å². The fraction of sp³-hybridized carbons (Fsp3) is 0.625. The number of ether oxygens (including phenoxy) is 1. The molecule has 0 N–H and O–H groups in total. The molecule has 0 aromatic rings. The highest BCUT2D eigenvalue weighted by Crippen LogP contribution is 2.53. The molecule has 10 heavy (non-hydrogen) atoms. The number of methoxy groups -OCH3 is 1. The van der Waals surface area contributed by atoms with Gasteiger partial charge in [-0.3, -0.25) is 4.79 Å². The molecule has 1 fully saturated rings. The average molecular weight is 140 g/mol. The maximum absolute atomic E-state index is 10.9. The van der Waals surface area contributed by atoms with Crippen LogP contribution in [0.5, 0.6) is 0 Å². The van der Waals surface area contributed by atoms with Gasteiger partial charge in [-0.15, -0.1) is 6.58 Å². The van der Waals surface area contributed by atoms with Gasteiger partial charge in [0.2, 0.25) is 0 Å². The molecule has 1 rings (SSSR count). The van der Waals surface area contributed by atoms with E-state index in [9.17, 15) is 4.79 Å². The maximum Gasteiger partial charge on any atom is 0.309 e. The molecule has 0 spiro atoms. The quantitative estimate of drug-likeness (QED) is 0.427. The normalized spacial score (nSPS) is 36.8. The van der Waals surface area contributed by atoms with Crippen molar-refractivity contribution in [2.45, 2.75) is 13.3 Å². The summed E-state index contributed by atoms with van der Waals surface area (Å²) in [5.74, 6) is -0.0441. The third kappa shape index (κ3) is 0.939. The van der Waals surface area contributed by atoms with Crippen molar-refractivity contribution < 1.29 is 9.53 Å². The maximum atomic E-state index is 10.9. The molecule has 0 heterocycles. The molecule has 2 heteroatoms. The van der Waals surface area contributed by atoms with Crippen LogP contribution < -0.4 is 0 Å². The highest BCUT2D eigenvalue weighted by molar-refractivity contribution is 5.77. The molecule has 2 nitrogen and oxygen atoms in total. The molecule has 0 aromatic heterocycles. The number of carbonyl (C=O) groups is 1. The molecule has 0 unspecified atom stereocenters. The van der Waals surface area contributed by atoms with E-state index in [4.69, 9.17) is 0 Å². The zero-order valence-corrected chi connectivity index (χ0v) is 6.39. The monoisotopic (exact) mass is 140 g/mol. The van der Waals surface area contributed by atoms with Crippen LogP contribution in [0.2, 0.25) is 0 Å². The number of hydrogen-bond donors (Lipinski definition) is 0. The summed E-state index contributed by atoms with van der Waals surface area (Å²) < 4.78 is 4.58. The van der Waals surface area contributed by atoms with Gasteiger partial charge in [-0.25, -0.2) is 0 Å². The second kappa shape index (κ2) is 2.11. The summed E-state index contributed by atoms with van der Waals surface area (Å²) in [6.45, 7) is 5.67. The van der Waals surface area contributed by atoms with Crippen molar-refractivity contribution in [2.75, 3.05) is 7.11 Å². The standard InChI is InChI=1S/C8H12O2/c1-4-8(2)5-6(8)7(9)10-3/h4,6H,1,5H2,2-3H3/t6-,8-/m0/s1. The molecule has 2 atom stereocenters. The Balaban J connectivity index is 2.52. The van der Waals surface area contributed by atoms with Crippen LogP contribution >= 0.6 is 0 Å². The molecule has 0 radical (unpaired) electrons. The van der Waals surface area contributed by atoms with Crippen LogP contribution in [-0.2, 0) is 9.53 Å². The van der Waals surface area contributed by atoms with E-state index in [-0.39, 0.29) is 17.3 Å². The van der Waals surface area contributed by atoms with Crippen molar-refractivity contribution in [3.8, 4) is 0 Å². The van der Waals surface area contributed by atoms with Gasteiger partial charge in [0.1, 0.15) is 0 Å². The van der Waals surface area contributed by atoms with E-state index in [1.165, 1.54) is 7.11 Å². The molecule has 0 bridgehead atoms. The Bertz CT molecular complexity index is 174. The molecule has 1 aliphatic rings. The van der Waals surface area contributed by atoms with Crippen molar-refractivity contribution in [1.82, 2.24) is 0 Å². The summed E-state index contributed by atoms with van der Waals surface area (Å²) in [4.78, 5) is 10.9. The van der Waals surface area contributed by atoms with Gasteiger partial charge in [0.15, 0.2) is 0 Å². The van der Waals surface area contributed by atoms with Crippen molar-refractivity contribution in [1.29, 1.82) is 0 Å². The summed E-state index contributed by atoms with van der Waals surface area (Å²) in [6.07, 6.45) is 2.72. The molecule has 0 aromatic carbocycles. The Morgan fingerprint density at radius 3 is 2.80 bits per heavy atom. The second-order valence-corrected chi connectivity index (χ2v) is 2.99. The van der Waals surface area contributed by atoms with Crippen LogP contribution in [0.1, 0.15) is 13.3 Å². The Morgan fingerprint density at radius 1 is 1.90 bits per heavy atom. The Kier molecular flexibility index (Phi) is 1.55. The largest absolute Gasteiger partial charge is 0.469 e. The van der Waals surface area contributed by atoms with E-state index in [1.54, 1.807) is 0 Å². The predicted octanol–water partition coefficient (Wildman–Crippen LogP) is 1.37. The molecule has 0 amide bonds. The second-order valence-electron chi connectivity index (χ2n) is 2.99. The summed E-state index contributed by atoms with van der Waals surface area (Å²) in [5.41, 5.74) is 0.0209. The summed E-state index contributed by atoms with van der Waals surface area (Å²) in [7, 11) is 1.42. The first-order valence-electron chi connectivity index (χ1n) is 3.35. The molecule has 0 saturated heterocycles. The minimum Gasteiger partial charge on any atom is -0.469 e. The highest BCUT2D eigenvalue weighted by atomic mass is 16.5. The topological polar surface area (TPSA) is 26.3 Å². The van der Waals surface area contributed by atoms with E-state index in [2.05, 4.69) is 11.3 Å². The summed E-state index contributed by atoms with van der Waals surface area (Å²) >= 11 is 0. The van der Waals surface area contributed by atoms with Crippen LogP contribution in [0.15, 0.2) is 12.7 Å². The zero-order chi connectivity index (χ0) is 7.78. The lowest BCUT2D eigenvalue weighted by molar-refractivity contribution is -0.142. The minimum absolute atomic E-state index is 0.0209. The van der Waals surface area contributed by atoms with Crippen LogP contribution in [0.4, 0.5) is 0 Å². The van der Waals surface area contributed by atoms with Gasteiger partial charge in [0.05, 0.1) is 13.0 Å².